The lowest BCUT2D eigenvalue weighted by atomic mass is 10.1. The minimum atomic E-state index is -0.330. The molecule has 2 aliphatic rings. The monoisotopic (exact) mass is 340 g/mol. The third-order valence-corrected chi connectivity index (χ3v) is 4.61. The largest absolute Gasteiger partial charge is 0.329 e. The van der Waals surface area contributed by atoms with Crippen molar-refractivity contribution in [1.82, 2.24) is 9.80 Å². The third kappa shape index (κ3) is 2.32. The molecule has 20 heavy (non-hydrogen) atoms. The molecule has 1 aromatic rings. The summed E-state index contributed by atoms with van der Waals surface area (Å²) >= 11 is 3.29. The Labute approximate surface area is 124 Å². The van der Waals surface area contributed by atoms with E-state index in [-0.39, 0.29) is 30.2 Å². The van der Waals surface area contributed by atoms with Gasteiger partial charge in [-0.25, -0.2) is 4.39 Å². The highest BCUT2D eigenvalue weighted by Crippen LogP contribution is 2.26. The molecule has 4 nitrogen and oxygen atoms in total. The van der Waals surface area contributed by atoms with Crippen molar-refractivity contribution in [2.24, 2.45) is 0 Å². The van der Waals surface area contributed by atoms with E-state index < -0.39 is 0 Å². The second-order valence-electron chi connectivity index (χ2n) is 5.18. The first-order chi connectivity index (χ1) is 9.56. The van der Waals surface area contributed by atoms with Crippen molar-refractivity contribution < 1.29 is 14.0 Å². The van der Waals surface area contributed by atoms with Gasteiger partial charge in [-0.3, -0.25) is 9.59 Å². The van der Waals surface area contributed by atoms with Crippen LogP contribution in [-0.2, 0) is 16.1 Å². The molecular formula is C14H14BrFN2O2. The highest BCUT2D eigenvalue weighted by molar-refractivity contribution is 9.10. The topological polar surface area (TPSA) is 40.6 Å². The summed E-state index contributed by atoms with van der Waals surface area (Å²) in [5, 5.41) is 0. The van der Waals surface area contributed by atoms with E-state index in [1.807, 2.05) is 0 Å². The van der Waals surface area contributed by atoms with Gasteiger partial charge in [-0.2, -0.15) is 0 Å². The summed E-state index contributed by atoms with van der Waals surface area (Å²) in [5.41, 5.74) is 0.805. The van der Waals surface area contributed by atoms with Crippen LogP contribution in [0, 0.1) is 5.82 Å². The second kappa shape index (κ2) is 5.16. The van der Waals surface area contributed by atoms with E-state index in [0.29, 0.717) is 17.6 Å². The predicted octanol–water partition coefficient (Wildman–Crippen LogP) is 1.92. The lowest BCUT2D eigenvalue weighted by molar-refractivity contribution is -0.154. The second-order valence-corrected chi connectivity index (χ2v) is 6.03. The van der Waals surface area contributed by atoms with Gasteiger partial charge in [0.25, 0.3) is 0 Å². The number of piperazine rings is 1. The number of nitrogens with zero attached hydrogens (tertiary/aromatic N) is 2. The number of carbonyl (C=O) groups is 2. The Morgan fingerprint density at radius 2 is 2.15 bits per heavy atom. The van der Waals surface area contributed by atoms with Gasteiger partial charge < -0.3 is 9.80 Å². The maximum atomic E-state index is 13.1. The molecule has 0 spiro atoms. The zero-order chi connectivity index (χ0) is 14.3. The zero-order valence-electron chi connectivity index (χ0n) is 10.8. The third-order valence-electron chi connectivity index (χ3n) is 3.87. The highest BCUT2D eigenvalue weighted by atomic mass is 79.9. The van der Waals surface area contributed by atoms with Gasteiger partial charge in [0.15, 0.2) is 0 Å². The Balaban J connectivity index is 1.80. The number of fused-ring (bicyclic) bond motifs is 1. The predicted molar refractivity (Wildman–Crippen MR) is 74.3 cm³/mol. The molecule has 2 saturated heterocycles. The Bertz CT molecular complexity index is 578. The summed E-state index contributed by atoms with van der Waals surface area (Å²) in [4.78, 5) is 27.6. The Morgan fingerprint density at radius 1 is 1.35 bits per heavy atom. The quantitative estimate of drug-likeness (QED) is 0.825. The first-order valence-corrected chi connectivity index (χ1v) is 7.38. The van der Waals surface area contributed by atoms with Gasteiger partial charge in [-0.15, -0.1) is 0 Å². The van der Waals surface area contributed by atoms with Gasteiger partial charge in [0.05, 0.1) is 0 Å². The SMILES string of the molecule is O=C1C2CCCN2C(=O)CN1Cc1ccc(F)cc1Br. The molecule has 0 N–H and O–H groups in total. The average molecular weight is 341 g/mol. The molecule has 2 amide bonds. The van der Waals surface area contributed by atoms with Crippen molar-refractivity contribution in [3.63, 3.8) is 0 Å². The number of amides is 2. The van der Waals surface area contributed by atoms with Crippen LogP contribution in [0.3, 0.4) is 0 Å². The lowest BCUT2D eigenvalue weighted by Gasteiger charge is -2.36. The first kappa shape index (κ1) is 13.5. The van der Waals surface area contributed by atoms with Crippen LogP contribution in [0.15, 0.2) is 22.7 Å². The van der Waals surface area contributed by atoms with Crippen LogP contribution in [0.5, 0.6) is 0 Å². The number of halogens is 2. The Hall–Kier alpha value is -1.43. The summed E-state index contributed by atoms with van der Waals surface area (Å²) in [6.45, 7) is 1.12. The lowest BCUT2D eigenvalue weighted by Crippen LogP contribution is -2.56. The standard InChI is InChI=1S/C14H14BrFN2O2/c15-11-6-10(16)4-3-9(11)7-17-8-13(19)18-5-1-2-12(18)14(17)20/h3-4,6,12H,1-2,5,7-8H2. The number of carbonyl (C=O) groups excluding carboxylic acids is 2. The summed E-state index contributed by atoms with van der Waals surface area (Å²) in [6, 6.07) is 4.07. The molecular weight excluding hydrogens is 327 g/mol. The fourth-order valence-electron chi connectivity index (χ4n) is 2.85. The van der Waals surface area contributed by atoms with Gasteiger partial charge in [-0.05, 0) is 30.5 Å². The van der Waals surface area contributed by atoms with Gasteiger partial charge in [0.1, 0.15) is 18.4 Å². The van der Waals surface area contributed by atoms with Crippen LogP contribution < -0.4 is 0 Å². The van der Waals surface area contributed by atoms with Crippen molar-refractivity contribution >= 4 is 27.7 Å². The molecule has 2 aliphatic heterocycles. The molecule has 106 valence electrons. The van der Waals surface area contributed by atoms with Crippen LogP contribution in [0.25, 0.3) is 0 Å². The number of rotatable bonds is 2. The minimum absolute atomic E-state index is 0.00155. The van der Waals surface area contributed by atoms with E-state index in [0.717, 1.165) is 18.4 Å². The van der Waals surface area contributed by atoms with Crippen LogP contribution in [0.1, 0.15) is 18.4 Å². The van der Waals surface area contributed by atoms with Crippen LogP contribution in [0.2, 0.25) is 0 Å². The van der Waals surface area contributed by atoms with Crippen molar-refractivity contribution in [3.05, 3.63) is 34.1 Å². The number of benzene rings is 1. The van der Waals surface area contributed by atoms with E-state index in [9.17, 15) is 14.0 Å². The molecule has 0 aliphatic carbocycles. The van der Waals surface area contributed by atoms with Crippen LogP contribution in [0.4, 0.5) is 4.39 Å². The van der Waals surface area contributed by atoms with Crippen molar-refractivity contribution in [2.45, 2.75) is 25.4 Å². The maximum Gasteiger partial charge on any atom is 0.246 e. The Morgan fingerprint density at radius 3 is 2.90 bits per heavy atom. The molecule has 1 unspecified atom stereocenters. The van der Waals surface area contributed by atoms with Crippen molar-refractivity contribution in [3.8, 4) is 0 Å². The molecule has 0 radical (unpaired) electrons. The molecule has 0 bridgehead atoms. The van der Waals surface area contributed by atoms with Crippen LogP contribution in [-0.4, -0.2) is 40.7 Å². The van der Waals surface area contributed by atoms with Gasteiger partial charge in [0.2, 0.25) is 11.8 Å². The molecule has 1 atom stereocenters. The van der Waals surface area contributed by atoms with Gasteiger partial charge >= 0.3 is 0 Å². The van der Waals surface area contributed by atoms with E-state index in [2.05, 4.69) is 15.9 Å². The molecule has 3 rings (SSSR count). The van der Waals surface area contributed by atoms with Crippen molar-refractivity contribution in [2.75, 3.05) is 13.1 Å². The smallest absolute Gasteiger partial charge is 0.246 e. The summed E-state index contributed by atoms with van der Waals surface area (Å²) in [5.74, 6) is -0.327. The molecule has 2 fully saturated rings. The van der Waals surface area contributed by atoms with Crippen LogP contribution >= 0.6 is 15.9 Å². The van der Waals surface area contributed by atoms with Gasteiger partial charge in [0, 0.05) is 17.6 Å². The number of hydrogen-bond acceptors (Lipinski definition) is 2. The summed E-state index contributed by atoms with van der Waals surface area (Å²) in [6.07, 6.45) is 1.63. The molecule has 2 heterocycles. The maximum absolute atomic E-state index is 13.1. The Kier molecular flexibility index (Phi) is 3.50. The molecule has 6 heteroatoms. The number of hydrogen-bond donors (Lipinski definition) is 0. The molecule has 0 saturated carbocycles. The fraction of sp³-hybridized carbons (Fsp3) is 0.429. The fourth-order valence-corrected chi connectivity index (χ4v) is 3.33. The minimum Gasteiger partial charge on any atom is -0.329 e. The normalized spacial score (nSPS) is 22.4. The average Bonchev–Trinajstić information content (AvgIpc) is 2.88. The van der Waals surface area contributed by atoms with Gasteiger partial charge in [-0.1, -0.05) is 22.0 Å². The van der Waals surface area contributed by atoms with E-state index in [4.69, 9.17) is 0 Å². The van der Waals surface area contributed by atoms with Crippen molar-refractivity contribution in [1.29, 1.82) is 0 Å². The van der Waals surface area contributed by atoms with E-state index in [1.54, 1.807) is 15.9 Å². The summed E-state index contributed by atoms with van der Waals surface area (Å²) < 4.78 is 13.7. The summed E-state index contributed by atoms with van der Waals surface area (Å²) in [7, 11) is 0. The zero-order valence-corrected chi connectivity index (χ0v) is 12.4. The molecule has 0 aromatic heterocycles. The van der Waals surface area contributed by atoms with E-state index in [1.165, 1.54) is 12.1 Å². The molecule has 1 aromatic carbocycles. The van der Waals surface area contributed by atoms with E-state index >= 15 is 0 Å². The first-order valence-electron chi connectivity index (χ1n) is 6.58. The highest BCUT2D eigenvalue weighted by Gasteiger charge is 2.41.